The van der Waals surface area contributed by atoms with E-state index in [9.17, 15) is 13.6 Å². The Kier molecular flexibility index (Phi) is 3.79. The average molecular weight is 302 g/mol. The minimum atomic E-state index is -0.707. The Balaban J connectivity index is 2.05. The summed E-state index contributed by atoms with van der Waals surface area (Å²) in [6.07, 6.45) is 0.758. The van der Waals surface area contributed by atoms with Gasteiger partial charge in [-0.15, -0.1) is 0 Å². The Bertz CT molecular complexity index is 718. The lowest BCUT2D eigenvalue weighted by Gasteiger charge is -2.24. The molecule has 3 nitrogen and oxygen atoms in total. The van der Waals surface area contributed by atoms with E-state index in [1.54, 1.807) is 0 Å². The second kappa shape index (κ2) is 5.75. The number of anilines is 2. The molecule has 1 aliphatic heterocycles. The smallest absolute Gasteiger partial charge is 0.261 e. The van der Waals surface area contributed by atoms with Gasteiger partial charge in [0.15, 0.2) is 0 Å². The lowest BCUT2D eigenvalue weighted by atomic mass is 10.1. The van der Waals surface area contributed by atoms with Gasteiger partial charge in [0.1, 0.15) is 11.6 Å². The molecule has 1 aliphatic rings. The van der Waals surface area contributed by atoms with Crippen LogP contribution in [0.4, 0.5) is 20.2 Å². The Morgan fingerprint density at radius 3 is 2.55 bits per heavy atom. The zero-order chi connectivity index (χ0) is 15.7. The number of carbonyl (C=O) groups excluding carboxylic acids is 1. The third-order valence-electron chi connectivity index (χ3n) is 3.86. The van der Waals surface area contributed by atoms with E-state index in [4.69, 9.17) is 0 Å². The highest BCUT2D eigenvalue weighted by Gasteiger charge is 2.26. The highest BCUT2D eigenvalue weighted by Crippen LogP contribution is 2.32. The van der Waals surface area contributed by atoms with Crippen molar-refractivity contribution in [2.45, 2.75) is 6.42 Å². The SMILES string of the molecule is CN1CCCN(C(=O)c2cc(F)ccc2F)c2ccccc21. The third kappa shape index (κ3) is 2.54. The predicted molar refractivity (Wildman–Crippen MR) is 82.4 cm³/mol. The molecule has 5 heteroatoms. The molecule has 2 aromatic rings. The van der Waals surface area contributed by atoms with Crippen molar-refractivity contribution in [1.29, 1.82) is 0 Å². The lowest BCUT2D eigenvalue weighted by molar-refractivity contribution is 0.0983. The lowest BCUT2D eigenvalue weighted by Crippen LogP contribution is -2.32. The van der Waals surface area contributed by atoms with Gasteiger partial charge in [-0.05, 0) is 36.8 Å². The van der Waals surface area contributed by atoms with Gasteiger partial charge in [0.2, 0.25) is 0 Å². The minimum Gasteiger partial charge on any atom is -0.373 e. The van der Waals surface area contributed by atoms with Crippen LogP contribution in [0, 0.1) is 11.6 Å². The van der Waals surface area contributed by atoms with Crippen molar-refractivity contribution in [3.8, 4) is 0 Å². The second-order valence-electron chi connectivity index (χ2n) is 5.34. The van der Waals surface area contributed by atoms with Crippen LogP contribution in [0.2, 0.25) is 0 Å². The summed E-state index contributed by atoms with van der Waals surface area (Å²) in [5, 5.41) is 0. The van der Waals surface area contributed by atoms with Crippen molar-refractivity contribution >= 4 is 17.3 Å². The van der Waals surface area contributed by atoms with Gasteiger partial charge < -0.3 is 9.80 Å². The first-order chi connectivity index (χ1) is 10.6. The molecule has 0 fully saturated rings. The molecule has 0 radical (unpaired) electrons. The Morgan fingerprint density at radius 1 is 1.05 bits per heavy atom. The van der Waals surface area contributed by atoms with Crippen molar-refractivity contribution in [2.75, 3.05) is 29.9 Å². The maximum absolute atomic E-state index is 13.9. The van der Waals surface area contributed by atoms with Crippen molar-refractivity contribution < 1.29 is 13.6 Å². The van der Waals surface area contributed by atoms with Crippen LogP contribution < -0.4 is 9.80 Å². The van der Waals surface area contributed by atoms with Gasteiger partial charge in [0.25, 0.3) is 5.91 Å². The molecule has 0 saturated heterocycles. The van der Waals surface area contributed by atoms with Gasteiger partial charge >= 0.3 is 0 Å². The van der Waals surface area contributed by atoms with E-state index in [0.717, 1.165) is 42.5 Å². The summed E-state index contributed by atoms with van der Waals surface area (Å²) in [6, 6.07) is 10.4. The molecule has 0 N–H and O–H groups in total. The molecule has 0 spiro atoms. The number of para-hydroxylation sites is 2. The summed E-state index contributed by atoms with van der Waals surface area (Å²) >= 11 is 0. The molecular weight excluding hydrogens is 286 g/mol. The molecule has 0 atom stereocenters. The minimum absolute atomic E-state index is 0.237. The van der Waals surface area contributed by atoms with E-state index >= 15 is 0 Å². The highest BCUT2D eigenvalue weighted by molar-refractivity contribution is 6.08. The summed E-state index contributed by atoms with van der Waals surface area (Å²) in [6.45, 7) is 1.27. The monoisotopic (exact) mass is 302 g/mol. The number of hydrogen-bond donors (Lipinski definition) is 0. The molecule has 3 rings (SSSR count). The summed E-state index contributed by atoms with van der Waals surface area (Å²) in [5.41, 5.74) is 1.39. The fourth-order valence-electron chi connectivity index (χ4n) is 2.74. The molecule has 1 amide bonds. The number of hydrogen-bond acceptors (Lipinski definition) is 2. The van der Waals surface area contributed by atoms with E-state index in [0.29, 0.717) is 6.54 Å². The van der Waals surface area contributed by atoms with Gasteiger partial charge in [-0.2, -0.15) is 0 Å². The number of amides is 1. The number of carbonyl (C=O) groups is 1. The first-order valence-corrected chi connectivity index (χ1v) is 7.15. The summed E-state index contributed by atoms with van der Waals surface area (Å²) in [5.74, 6) is -1.84. The van der Waals surface area contributed by atoms with Crippen molar-refractivity contribution in [1.82, 2.24) is 0 Å². The van der Waals surface area contributed by atoms with Crippen LogP contribution >= 0.6 is 0 Å². The van der Waals surface area contributed by atoms with Crippen LogP contribution in [-0.4, -0.2) is 26.0 Å². The van der Waals surface area contributed by atoms with E-state index in [-0.39, 0.29) is 5.56 Å². The maximum atomic E-state index is 13.9. The van der Waals surface area contributed by atoms with Crippen LogP contribution in [0.3, 0.4) is 0 Å². The topological polar surface area (TPSA) is 23.6 Å². The van der Waals surface area contributed by atoms with E-state index < -0.39 is 17.5 Å². The van der Waals surface area contributed by atoms with Gasteiger partial charge in [-0.3, -0.25) is 4.79 Å². The van der Waals surface area contributed by atoms with Crippen LogP contribution in [0.15, 0.2) is 42.5 Å². The van der Waals surface area contributed by atoms with Gasteiger partial charge in [0, 0.05) is 20.1 Å². The Morgan fingerprint density at radius 2 is 1.77 bits per heavy atom. The molecule has 0 aromatic heterocycles. The fourth-order valence-corrected chi connectivity index (χ4v) is 2.74. The Hall–Kier alpha value is -2.43. The predicted octanol–water partition coefficient (Wildman–Crippen LogP) is 3.45. The van der Waals surface area contributed by atoms with Crippen LogP contribution in [0.1, 0.15) is 16.8 Å². The second-order valence-corrected chi connectivity index (χ2v) is 5.34. The summed E-state index contributed by atoms with van der Waals surface area (Å²) in [4.78, 5) is 16.3. The highest BCUT2D eigenvalue weighted by atomic mass is 19.1. The molecule has 0 unspecified atom stereocenters. The van der Waals surface area contributed by atoms with Gasteiger partial charge in [0.05, 0.1) is 16.9 Å². The van der Waals surface area contributed by atoms with E-state index in [1.165, 1.54) is 4.90 Å². The zero-order valence-corrected chi connectivity index (χ0v) is 12.2. The Labute approximate surface area is 127 Å². The van der Waals surface area contributed by atoms with Crippen LogP contribution in [0.5, 0.6) is 0 Å². The number of rotatable bonds is 1. The van der Waals surface area contributed by atoms with Crippen molar-refractivity contribution in [3.63, 3.8) is 0 Å². The van der Waals surface area contributed by atoms with Crippen molar-refractivity contribution in [3.05, 3.63) is 59.7 Å². The fraction of sp³-hybridized carbons (Fsp3) is 0.235. The first kappa shape index (κ1) is 14.5. The van der Waals surface area contributed by atoms with E-state index in [2.05, 4.69) is 4.90 Å². The number of benzene rings is 2. The van der Waals surface area contributed by atoms with E-state index in [1.807, 2.05) is 31.3 Å². The molecule has 2 aromatic carbocycles. The summed E-state index contributed by atoms with van der Waals surface area (Å²) in [7, 11) is 1.95. The quantitative estimate of drug-likeness (QED) is 0.805. The average Bonchev–Trinajstić information content (AvgIpc) is 2.69. The summed E-state index contributed by atoms with van der Waals surface area (Å²) < 4.78 is 27.3. The first-order valence-electron chi connectivity index (χ1n) is 7.15. The van der Waals surface area contributed by atoms with Gasteiger partial charge in [-0.1, -0.05) is 12.1 Å². The molecule has 22 heavy (non-hydrogen) atoms. The largest absolute Gasteiger partial charge is 0.373 e. The molecular formula is C17H16F2N2O. The molecule has 1 heterocycles. The molecule has 0 bridgehead atoms. The van der Waals surface area contributed by atoms with Gasteiger partial charge in [-0.25, -0.2) is 8.78 Å². The standard InChI is InChI=1S/C17H16F2N2O/c1-20-9-4-10-21(16-6-3-2-5-15(16)20)17(22)13-11-12(18)7-8-14(13)19/h2-3,5-8,11H,4,9-10H2,1H3. The van der Waals surface area contributed by atoms with Crippen LogP contribution in [-0.2, 0) is 0 Å². The third-order valence-corrected chi connectivity index (χ3v) is 3.86. The number of fused-ring (bicyclic) bond motifs is 1. The zero-order valence-electron chi connectivity index (χ0n) is 12.2. The molecule has 0 aliphatic carbocycles. The molecule has 114 valence electrons. The maximum Gasteiger partial charge on any atom is 0.261 e. The molecule has 0 saturated carbocycles. The number of nitrogens with zero attached hydrogens (tertiary/aromatic N) is 2. The normalized spacial score (nSPS) is 14.5. The number of halogens is 2. The van der Waals surface area contributed by atoms with Crippen molar-refractivity contribution in [2.24, 2.45) is 0 Å². The van der Waals surface area contributed by atoms with Crippen LogP contribution in [0.25, 0.3) is 0 Å².